The van der Waals surface area contributed by atoms with Crippen molar-refractivity contribution < 1.29 is 33.0 Å². The van der Waals surface area contributed by atoms with Crippen LogP contribution in [-0.2, 0) is 16.1 Å². The van der Waals surface area contributed by atoms with E-state index >= 15 is 0 Å². The highest BCUT2D eigenvalue weighted by Crippen LogP contribution is 2.35. The number of carbonyl (C=O) groups is 2. The third kappa shape index (κ3) is 7.10. The van der Waals surface area contributed by atoms with Gasteiger partial charge in [-0.25, -0.2) is 13.6 Å². The molecule has 38 heavy (non-hydrogen) atoms. The number of carbonyl (C=O) groups excluding carboxylic acids is 2. The summed E-state index contributed by atoms with van der Waals surface area (Å²) in [7, 11) is 0. The first-order valence-corrected chi connectivity index (χ1v) is 12.8. The van der Waals surface area contributed by atoms with Gasteiger partial charge in [-0.1, -0.05) is 12.1 Å². The Balaban J connectivity index is 1.67. The van der Waals surface area contributed by atoms with Gasteiger partial charge in [-0.15, -0.1) is 0 Å². The number of aliphatic hydroxyl groups is 1. The van der Waals surface area contributed by atoms with Crippen LogP contribution in [0.3, 0.4) is 0 Å². The van der Waals surface area contributed by atoms with Crippen LogP contribution in [0.2, 0.25) is 0 Å². The molecule has 0 radical (unpaired) electrons. The predicted molar refractivity (Wildman–Crippen MR) is 138 cm³/mol. The minimum absolute atomic E-state index is 0.0336. The highest BCUT2D eigenvalue weighted by atomic mass is 19.1. The Hall–Kier alpha value is -3.46. The maximum absolute atomic E-state index is 14.0. The molecule has 2 aromatic rings. The lowest BCUT2D eigenvalue weighted by Gasteiger charge is -2.34. The molecule has 1 aliphatic carbocycles. The van der Waals surface area contributed by atoms with Crippen LogP contribution < -0.4 is 4.74 Å². The van der Waals surface area contributed by atoms with Gasteiger partial charge in [0.25, 0.3) is 5.91 Å². The molecule has 2 aromatic carbocycles. The maximum Gasteiger partial charge on any atom is 0.410 e. The standard InChI is InChI=1S/C29H34F2N2O5/c1-29(2,3)38-28(36)32-11-10-25(20-4-8-24(9-5-20)37-13-12-34)26(18-32)27(35)33(23-6-7-23)17-19-14-21(30)16-22(31)15-19/h4-5,8-9,14-16,23,34H,6-7,10-13,17-18H2,1-3H3. The molecule has 1 fully saturated rings. The van der Waals surface area contributed by atoms with Gasteiger partial charge in [0.15, 0.2) is 0 Å². The Morgan fingerprint density at radius 3 is 2.32 bits per heavy atom. The highest BCUT2D eigenvalue weighted by Gasteiger charge is 2.38. The maximum atomic E-state index is 14.0. The smallest absolute Gasteiger partial charge is 0.410 e. The molecule has 2 amide bonds. The molecular weight excluding hydrogens is 494 g/mol. The van der Waals surface area contributed by atoms with Crippen molar-refractivity contribution in [1.82, 2.24) is 9.80 Å². The number of rotatable bonds is 8. The highest BCUT2D eigenvalue weighted by molar-refractivity contribution is 6.03. The number of hydrogen-bond donors (Lipinski definition) is 1. The lowest BCUT2D eigenvalue weighted by atomic mass is 9.92. The third-order valence-corrected chi connectivity index (χ3v) is 6.34. The summed E-state index contributed by atoms with van der Waals surface area (Å²) < 4.78 is 38.8. The molecule has 4 rings (SSSR count). The van der Waals surface area contributed by atoms with E-state index < -0.39 is 23.3 Å². The summed E-state index contributed by atoms with van der Waals surface area (Å²) in [5.41, 5.74) is 1.77. The van der Waals surface area contributed by atoms with E-state index in [0.717, 1.165) is 30.0 Å². The van der Waals surface area contributed by atoms with E-state index in [9.17, 15) is 18.4 Å². The topological polar surface area (TPSA) is 79.3 Å². The van der Waals surface area contributed by atoms with Crippen LogP contribution in [-0.4, -0.2) is 64.9 Å². The second-order valence-corrected chi connectivity index (χ2v) is 10.6. The molecule has 9 heteroatoms. The van der Waals surface area contributed by atoms with Gasteiger partial charge in [-0.3, -0.25) is 4.79 Å². The van der Waals surface area contributed by atoms with Gasteiger partial charge >= 0.3 is 6.09 Å². The van der Waals surface area contributed by atoms with Gasteiger partial charge in [0, 0.05) is 30.8 Å². The Morgan fingerprint density at radius 1 is 1.08 bits per heavy atom. The normalized spacial score (nSPS) is 15.9. The quantitative estimate of drug-likeness (QED) is 0.526. The van der Waals surface area contributed by atoms with Crippen LogP contribution in [0.25, 0.3) is 5.57 Å². The first-order chi connectivity index (χ1) is 18.0. The number of ether oxygens (including phenoxy) is 2. The van der Waals surface area contributed by atoms with Crippen molar-refractivity contribution in [1.29, 1.82) is 0 Å². The summed E-state index contributed by atoms with van der Waals surface area (Å²) in [5.74, 6) is -1.06. The molecule has 1 aliphatic heterocycles. The zero-order chi connectivity index (χ0) is 27.4. The van der Waals surface area contributed by atoms with Gasteiger partial charge in [0.1, 0.15) is 29.6 Å². The van der Waals surface area contributed by atoms with E-state index in [1.54, 1.807) is 37.8 Å². The molecule has 0 spiro atoms. The Labute approximate surface area is 221 Å². The number of amides is 2. The number of aliphatic hydroxyl groups excluding tert-OH is 1. The van der Waals surface area contributed by atoms with Crippen molar-refractivity contribution in [3.8, 4) is 5.75 Å². The van der Waals surface area contributed by atoms with Crippen molar-refractivity contribution in [2.45, 2.75) is 58.2 Å². The first-order valence-electron chi connectivity index (χ1n) is 12.8. The Kier molecular flexibility index (Phi) is 8.35. The average molecular weight is 529 g/mol. The second-order valence-electron chi connectivity index (χ2n) is 10.6. The molecule has 7 nitrogen and oxygen atoms in total. The lowest BCUT2D eigenvalue weighted by Crippen LogP contribution is -2.44. The minimum Gasteiger partial charge on any atom is -0.491 e. The number of benzene rings is 2. The summed E-state index contributed by atoms with van der Waals surface area (Å²) in [5, 5.41) is 9.00. The molecule has 1 N–H and O–H groups in total. The molecule has 1 heterocycles. The van der Waals surface area contributed by atoms with Crippen LogP contribution in [0.4, 0.5) is 13.6 Å². The molecule has 0 saturated heterocycles. The van der Waals surface area contributed by atoms with Gasteiger partial charge < -0.3 is 24.4 Å². The summed E-state index contributed by atoms with van der Waals surface area (Å²) in [6, 6.07) is 10.5. The first kappa shape index (κ1) is 27.6. The van der Waals surface area contributed by atoms with Crippen LogP contribution in [0.15, 0.2) is 48.0 Å². The van der Waals surface area contributed by atoms with E-state index in [2.05, 4.69) is 0 Å². The number of halogens is 2. The van der Waals surface area contributed by atoms with Crippen LogP contribution in [0.5, 0.6) is 5.75 Å². The van der Waals surface area contributed by atoms with Crippen molar-refractivity contribution in [2.24, 2.45) is 0 Å². The number of nitrogens with zero attached hydrogens (tertiary/aromatic N) is 2. The SMILES string of the molecule is CC(C)(C)OC(=O)N1CCC(c2ccc(OCCO)cc2)=C(C(=O)N(Cc2cc(F)cc(F)c2)C2CC2)C1. The van der Waals surface area contributed by atoms with E-state index in [4.69, 9.17) is 14.6 Å². The van der Waals surface area contributed by atoms with Crippen LogP contribution in [0, 0.1) is 11.6 Å². The van der Waals surface area contributed by atoms with E-state index in [1.807, 2.05) is 12.1 Å². The monoisotopic (exact) mass is 528 g/mol. The van der Waals surface area contributed by atoms with Gasteiger partial charge in [-0.2, -0.15) is 0 Å². The average Bonchev–Trinajstić information content (AvgIpc) is 3.69. The van der Waals surface area contributed by atoms with E-state index in [1.165, 1.54) is 17.0 Å². The lowest BCUT2D eigenvalue weighted by molar-refractivity contribution is -0.128. The molecule has 204 valence electrons. The van der Waals surface area contributed by atoms with Gasteiger partial charge in [0.05, 0.1) is 13.2 Å². The van der Waals surface area contributed by atoms with E-state index in [0.29, 0.717) is 29.9 Å². The number of hydrogen-bond acceptors (Lipinski definition) is 5. The predicted octanol–water partition coefficient (Wildman–Crippen LogP) is 4.92. The second kappa shape index (κ2) is 11.5. The fourth-order valence-corrected chi connectivity index (χ4v) is 4.50. The van der Waals surface area contributed by atoms with Crippen LogP contribution >= 0.6 is 0 Å². The largest absolute Gasteiger partial charge is 0.491 e. The molecular formula is C29H34F2N2O5. The van der Waals surface area contributed by atoms with Gasteiger partial charge in [-0.05, 0) is 81.0 Å². The summed E-state index contributed by atoms with van der Waals surface area (Å²) in [6.07, 6.45) is 1.54. The van der Waals surface area contributed by atoms with Crippen molar-refractivity contribution >= 4 is 17.6 Å². The summed E-state index contributed by atoms with van der Waals surface area (Å²) in [4.78, 5) is 30.1. The fraction of sp³-hybridized carbons (Fsp3) is 0.448. The zero-order valence-corrected chi connectivity index (χ0v) is 22.0. The van der Waals surface area contributed by atoms with Crippen molar-refractivity contribution in [3.63, 3.8) is 0 Å². The fourth-order valence-electron chi connectivity index (χ4n) is 4.50. The van der Waals surface area contributed by atoms with Crippen molar-refractivity contribution in [3.05, 3.63) is 70.8 Å². The molecule has 0 atom stereocenters. The summed E-state index contributed by atoms with van der Waals surface area (Å²) in [6.45, 7) is 5.94. The third-order valence-electron chi connectivity index (χ3n) is 6.34. The molecule has 0 unspecified atom stereocenters. The van der Waals surface area contributed by atoms with Crippen molar-refractivity contribution in [2.75, 3.05) is 26.3 Å². The molecule has 0 bridgehead atoms. The molecule has 1 saturated carbocycles. The minimum atomic E-state index is -0.694. The Morgan fingerprint density at radius 2 is 1.74 bits per heavy atom. The Bertz CT molecular complexity index is 1180. The van der Waals surface area contributed by atoms with E-state index in [-0.39, 0.29) is 38.3 Å². The van der Waals surface area contributed by atoms with Crippen LogP contribution in [0.1, 0.15) is 51.2 Å². The molecule has 2 aliphatic rings. The summed E-state index contributed by atoms with van der Waals surface area (Å²) >= 11 is 0. The molecule has 0 aromatic heterocycles. The zero-order valence-electron chi connectivity index (χ0n) is 22.0. The van der Waals surface area contributed by atoms with Gasteiger partial charge in [0.2, 0.25) is 0 Å².